The maximum absolute atomic E-state index is 6.67. The number of rotatable bonds is 2. The molecule has 3 heterocycles. The molecule has 0 aliphatic carbocycles. The topological polar surface area (TPSA) is 19.0 Å². The predicted molar refractivity (Wildman–Crippen MR) is 103 cm³/mol. The molecule has 122 valence electrons. The molecule has 1 aromatic carbocycles. The number of nitrogens with one attached hydrogen (secondary N) is 1. The van der Waals surface area contributed by atoms with Gasteiger partial charge in [0.15, 0.2) is 0 Å². The lowest BCUT2D eigenvalue weighted by atomic mass is 10.0. The molecular formula is C17H18Cl2N2S2. The van der Waals surface area contributed by atoms with E-state index in [-0.39, 0.29) is 0 Å². The highest BCUT2D eigenvalue weighted by Crippen LogP contribution is 2.46. The standard InChI is InChI=1S/C17H18Cl2N2S2/c1-21-9-2-3-10(21)7-11(6-9)23-17-13(18)8-14-12(16(17)19)4-5-15(22)20-14/h4-5,8-11H,2-3,6-7H2,1H3,(H,20,22). The van der Waals surface area contributed by atoms with Crippen LogP contribution >= 0.6 is 47.2 Å². The van der Waals surface area contributed by atoms with Crippen LogP contribution in [0.4, 0.5) is 0 Å². The zero-order valence-electron chi connectivity index (χ0n) is 12.8. The van der Waals surface area contributed by atoms with Crippen LogP contribution in [0.5, 0.6) is 0 Å². The minimum absolute atomic E-state index is 0.596. The lowest BCUT2D eigenvalue weighted by Crippen LogP contribution is -2.40. The van der Waals surface area contributed by atoms with E-state index in [1.807, 2.05) is 30.0 Å². The number of aromatic amines is 1. The number of piperidine rings is 1. The molecule has 2 aromatic rings. The monoisotopic (exact) mass is 384 g/mol. The molecule has 2 bridgehead atoms. The summed E-state index contributed by atoms with van der Waals surface area (Å²) in [5, 5.41) is 3.05. The minimum Gasteiger partial charge on any atom is -0.346 e. The van der Waals surface area contributed by atoms with Crippen LogP contribution in [0.25, 0.3) is 10.9 Å². The second-order valence-corrected chi connectivity index (χ2v) is 9.08. The van der Waals surface area contributed by atoms with Gasteiger partial charge >= 0.3 is 0 Å². The highest BCUT2D eigenvalue weighted by atomic mass is 35.5. The van der Waals surface area contributed by atoms with Crippen molar-refractivity contribution < 1.29 is 0 Å². The van der Waals surface area contributed by atoms with Gasteiger partial charge in [0.2, 0.25) is 0 Å². The third-order valence-electron chi connectivity index (χ3n) is 5.21. The Bertz CT molecular complexity index is 806. The molecule has 1 N–H and O–H groups in total. The number of aromatic nitrogens is 1. The third-order valence-corrected chi connectivity index (χ3v) is 7.74. The molecule has 2 atom stereocenters. The van der Waals surface area contributed by atoms with Gasteiger partial charge in [0.05, 0.1) is 10.0 Å². The van der Waals surface area contributed by atoms with E-state index in [1.165, 1.54) is 25.7 Å². The molecule has 2 aliphatic heterocycles. The van der Waals surface area contributed by atoms with Crippen molar-refractivity contribution in [3.05, 3.63) is 32.9 Å². The van der Waals surface area contributed by atoms with Crippen molar-refractivity contribution in [2.75, 3.05) is 7.05 Å². The normalized spacial score (nSPS) is 27.7. The minimum atomic E-state index is 0.596. The molecule has 23 heavy (non-hydrogen) atoms. The van der Waals surface area contributed by atoms with Gasteiger partial charge in [0.1, 0.15) is 4.64 Å². The molecule has 2 fully saturated rings. The van der Waals surface area contributed by atoms with E-state index in [0.29, 0.717) is 9.89 Å². The maximum atomic E-state index is 6.67. The molecule has 0 radical (unpaired) electrons. The van der Waals surface area contributed by atoms with Gasteiger partial charge in [-0.2, -0.15) is 0 Å². The molecule has 1 aromatic heterocycles. The van der Waals surface area contributed by atoms with E-state index in [2.05, 4.69) is 16.9 Å². The summed E-state index contributed by atoms with van der Waals surface area (Å²) in [5.74, 6) is 0. The summed E-state index contributed by atoms with van der Waals surface area (Å²) in [5.41, 5.74) is 0.903. The fraction of sp³-hybridized carbons (Fsp3) is 0.471. The largest absolute Gasteiger partial charge is 0.346 e. The third kappa shape index (κ3) is 2.93. The first-order chi connectivity index (χ1) is 11.0. The second-order valence-electron chi connectivity index (χ2n) is 6.55. The van der Waals surface area contributed by atoms with Gasteiger partial charge in [-0.1, -0.05) is 35.4 Å². The van der Waals surface area contributed by atoms with E-state index in [0.717, 1.165) is 37.9 Å². The number of H-pyrrole nitrogens is 1. The summed E-state index contributed by atoms with van der Waals surface area (Å²) in [4.78, 5) is 6.73. The van der Waals surface area contributed by atoms with Crippen molar-refractivity contribution in [1.29, 1.82) is 0 Å². The van der Waals surface area contributed by atoms with Crippen molar-refractivity contribution >= 4 is 58.1 Å². The Balaban J connectivity index is 1.67. The highest BCUT2D eigenvalue weighted by molar-refractivity contribution is 8.00. The number of nitrogens with zero attached hydrogens (tertiary/aromatic N) is 1. The van der Waals surface area contributed by atoms with Crippen molar-refractivity contribution in [2.45, 2.75) is 47.9 Å². The summed E-state index contributed by atoms with van der Waals surface area (Å²) in [6.45, 7) is 0. The molecule has 0 amide bonds. The molecule has 2 unspecified atom stereocenters. The molecule has 4 rings (SSSR count). The Hall–Kier alpha value is -0.260. The molecule has 0 saturated carbocycles. The Morgan fingerprint density at radius 1 is 1.22 bits per heavy atom. The fourth-order valence-corrected chi connectivity index (χ4v) is 6.27. The van der Waals surface area contributed by atoms with Gasteiger partial charge in [-0.3, -0.25) is 0 Å². The Morgan fingerprint density at radius 3 is 2.61 bits per heavy atom. The second kappa shape index (κ2) is 6.23. The lowest BCUT2D eigenvalue weighted by molar-refractivity contribution is 0.183. The number of hydrogen-bond acceptors (Lipinski definition) is 3. The number of pyridine rings is 1. The van der Waals surface area contributed by atoms with Gasteiger partial charge in [-0.05, 0) is 50.9 Å². The number of fused-ring (bicyclic) bond motifs is 3. The van der Waals surface area contributed by atoms with E-state index >= 15 is 0 Å². The smallest absolute Gasteiger partial charge is 0.103 e. The Morgan fingerprint density at radius 2 is 1.91 bits per heavy atom. The zero-order valence-corrected chi connectivity index (χ0v) is 16.0. The number of halogens is 2. The Labute approximate surface area is 155 Å². The predicted octanol–water partition coefficient (Wildman–Crippen LogP) is 5.92. The highest BCUT2D eigenvalue weighted by Gasteiger charge is 2.39. The van der Waals surface area contributed by atoms with Gasteiger partial charge in [0, 0.05) is 33.1 Å². The van der Waals surface area contributed by atoms with Crippen LogP contribution in [0.3, 0.4) is 0 Å². The van der Waals surface area contributed by atoms with Gasteiger partial charge in [-0.25, -0.2) is 0 Å². The van der Waals surface area contributed by atoms with Crippen LogP contribution in [0.1, 0.15) is 25.7 Å². The van der Waals surface area contributed by atoms with E-state index in [9.17, 15) is 0 Å². The fourth-order valence-electron chi connectivity index (χ4n) is 3.95. The summed E-state index contributed by atoms with van der Waals surface area (Å²) in [6.07, 6.45) is 5.10. The lowest BCUT2D eigenvalue weighted by Gasteiger charge is -2.36. The zero-order chi connectivity index (χ0) is 16.1. The Kier molecular flexibility index (Phi) is 4.39. The molecule has 6 heteroatoms. The number of hydrogen-bond donors (Lipinski definition) is 1. The van der Waals surface area contributed by atoms with Crippen LogP contribution in [0, 0.1) is 4.64 Å². The molecule has 0 spiro atoms. The van der Waals surface area contributed by atoms with Gasteiger partial charge in [-0.15, -0.1) is 11.8 Å². The molecule has 2 saturated heterocycles. The summed E-state index contributed by atoms with van der Waals surface area (Å²) >= 11 is 20.2. The molecule has 2 nitrogen and oxygen atoms in total. The van der Waals surface area contributed by atoms with Gasteiger partial charge in [0.25, 0.3) is 0 Å². The summed E-state index contributed by atoms with van der Waals surface area (Å²) < 4.78 is 0.692. The van der Waals surface area contributed by atoms with Gasteiger partial charge < -0.3 is 9.88 Å². The first-order valence-corrected chi connectivity index (χ1v) is 9.97. The average molecular weight is 385 g/mol. The van der Waals surface area contributed by atoms with Crippen molar-refractivity contribution in [2.24, 2.45) is 0 Å². The molecule has 2 aliphatic rings. The van der Waals surface area contributed by atoms with Crippen molar-refractivity contribution in [1.82, 2.24) is 9.88 Å². The van der Waals surface area contributed by atoms with E-state index in [4.69, 9.17) is 35.4 Å². The number of benzene rings is 1. The quantitative estimate of drug-likeness (QED) is 0.648. The van der Waals surface area contributed by atoms with E-state index in [1.54, 1.807) is 0 Å². The molecular weight excluding hydrogens is 367 g/mol. The number of thioether (sulfide) groups is 1. The maximum Gasteiger partial charge on any atom is 0.103 e. The first-order valence-electron chi connectivity index (χ1n) is 7.92. The van der Waals surface area contributed by atoms with Crippen molar-refractivity contribution in [3.8, 4) is 0 Å². The van der Waals surface area contributed by atoms with Crippen molar-refractivity contribution in [3.63, 3.8) is 0 Å². The average Bonchev–Trinajstić information content (AvgIpc) is 2.73. The first kappa shape index (κ1) is 16.2. The SMILES string of the molecule is CN1C2CCC1CC(Sc1c(Cl)cc3[nH]c(=S)ccc3c1Cl)C2. The van der Waals surface area contributed by atoms with Crippen LogP contribution in [0.15, 0.2) is 23.1 Å². The van der Waals surface area contributed by atoms with Crippen LogP contribution in [-0.4, -0.2) is 34.3 Å². The summed E-state index contributed by atoms with van der Waals surface area (Å²) in [7, 11) is 2.27. The van der Waals surface area contributed by atoms with Crippen LogP contribution < -0.4 is 0 Å². The van der Waals surface area contributed by atoms with Crippen LogP contribution in [0.2, 0.25) is 10.0 Å². The van der Waals surface area contributed by atoms with Crippen LogP contribution in [-0.2, 0) is 0 Å². The summed E-state index contributed by atoms with van der Waals surface area (Å²) in [6, 6.07) is 7.25. The van der Waals surface area contributed by atoms with E-state index < -0.39 is 0 Å².